The molecule has 2 heterocycles. The maximum absolute atomic E-state index is 3.44. The Morgan fingerprint density at radius 2 is 1.64 bits per heavy atom. The van der Waals surface area contributed by atoms with Crippen LogP contribution in [0.2, 0.25) is 0 Å². The van der Waals surface area contributed by atoms with Gasteiger partial charge in [0.05, 0.1) is 0 Å². The van der Waals surface area contributed by atoms with Gasteiger partial charge >= 0.3 is 0 Å². The molecular weight excluding hydrogens is 353 g/mol. The van der Waals surface area contributed by atoms with E-state index >= 15 is 0 Å². The van der Waals surface area contributed by atoms with Crippen LogP contribution in [-0.2, 0) is 6.54 Å². The van der Waals surface area contributed by atoms with E-state index in [1.54, 1.807) is 0 Å². The lowest BCUT2D eigenvalue weighted by molar-refractivity contribution is 0.185. The van der Waals surface area contributed by atoms with Crippen molar-refractivity contribution >= 4 is 46.6 Å². The molecule has 25 heavy (non-hydrogen) atoms. The number of nitrogens with one attached hydrogen (secondary N) is 1. The molecule has 3 nitrogen and oxygen atoms in total. The predicted molar refractivity (Wildman–Crippen MR) is 112 cm³/mol. The normalized spacial score (nSPS) is 16.4. The van der Waals surface area contributed by atoms with Crippen LogP contribution in [0.25, 0.3) is 21.8 Å². The van der Waals surface area contributed by atoms with Crippen molar-refractivity contribution in [3.8, 4) is 0 Å². The average molecular weight is 380 g/mol. The first kappa shape index (κ1) is 20.1. The second-order valence-electron chi connectivity index (χ2n) is 6.50. The molecule has 1 aromatic heterocycles. The van der Waals surface area contributed by atoms with Crippen LogP contribution in [0.5, 0.6) is 0 Å². The van der Waals surface area contributed by atoms with Gasteiger partial charge < -0.3 is 9.88 Å². The highest BCUT2D eigenvalue weighted by atomic mass is 35.5. The zero-order valence-electron chi connectivity index (χ0n) is 14.9. The molecule has 1 aliphatic heterocycles. The number of hydrogen-bond donors (Lipinski definition) is 1. The van der Waals surface area contributed by atoms with E-state index in [1.807, 2.05) is 0 Å². The van der Waals surface area contributed by atoms with Crippen molar-refractivity contribution in [1.29, 1.82) is 0 Å². The number of hydrogen-bond acceptors (Lipinski definition) is 2. The van der Waals surface area contributed by atoms with E-state index < -0.39 is 0 Å². The topological polar surface area (TPSA) is 20.2 Å². The molecule has 0 aliphatic carbocycles. The Bertz CT molecular complexity index is 837. The highest BCUT2D eigenvalue weighted by Crippen LogP contribution is 2.32. The number of nitrogens with zero attached hydrogens (tertiary/aromatic N) is 2. The summed E-state index contributed by atoms with van der Waals surface area (Å²) in [6.45, 7) is 10.0. The highest BCUT2D eigenvalue weighted by molar-refractivity contribution is 6.08. The van der Waals surface area contributed by atoms with Crippen molar-refractivity contribution in [2.75, 3.05) is 26.2 Å². The molecule has 5 heteroatoms. The van der Waals surface area contributed by atoms with Gasteiger partial charge in [0.15, 0.2) is 0 Å². The quantitative estimate of drug-likeness (QED) is 0.715. The molecule has 1 N–H and O–H groups in total. The number of fused-ring (bicyclic) bond motifs is 3. The Kier molecular flexibility index (Phi) is 6.75. The fraction of sp³-hybridized carbons (Fsp3) is 0.400. The summed E-state index contributed by atoms with van der Waals surface area (Å²) in [5.41, 5.74) is 4.13. The number of aryl methyl sites for hydroxylation is 1. The Morgan fingerprint density at radius 3 is 2.36 bits per heavy atom. The fourth-order valence-corrected chi connectivity index (χ4v) is 3.95. The summed E-state index contributed by atoms with van der Waals surface area (Å²) in [6, 6.07) is 16.3. The van der Waals surface area contributed by atoms with Crippen molar-refractivity contribution in [3.05, 3.63) is 48.0 Å². The van der Waals surface area contributed by atoms with Crippen LogP contribution in [0.4, 0.5) is 0 Å². The zero-order chi connectivity index (χ0) is 15.8. The molecule has 1 atom stereocenters. The number of halogens is 2. The third-order valence-corrected chi connectivity index (χ3v) is 5.29. The Morgan fingerprint density at radius 1 is 0.960 bits per heavy atom. The van der Waals surface area contributed by atoms with Gasteiger partial charge in [-0.2, -0.15) is 0 Å². The second-order valence-corrected chi connectivity index (χ2v) is 6.50. The Labute approximate surface area is 162 Å². The monoisotopic (exact) mass is 379 g/mol. The number of piperazine rings is 1. The van der Waals surface area contributed by atoms with Crippen molar-refractivity contribution in [3.63, 3.8) is 0 Å². The lowest BCUT2D eigenvalue weighted by Gasteiger charge is -2.33. The van der Waals surface area contributed by atoms with Crippen molar-refractivity contribution in [2.24, 2.45) is 0 Å². The molecule has 0 saturated carbocycles. The van der Waals surface area contributed by atoms with Gasteiger partial charge in [-0.3, -0.25) is 4.90 Å². The van der Waals surface area contributed by atoms with Crippen LogP contribution in [0.3, 0.4) is 0 Å². The van der Waals surface area contributed by atoms with Crippen molar-refractivity contribution in [2.45, 2.75) is 26.4 Å². The first-order valence-corrected chi connectivity index (χ1v) is 8.75. The summed E-state index contributed by atoms with van der Waals surface area (Å²) < 4.78 is 2.42. The van der Waals surface area contributed by atoms with Crippen LogP contribution in [0.15, 0.2) is 42.5 Å². The smallest absolute Gasteiger partial charge is 0.0491 e. The molecule has 0 spiro atoms. The lowest BCUT2D eigenvalue weighted by atomic mass is 10.0. The van der Waals surface area contributed by atoms with Gasteiger partial charge in [0, 0.05) is 60.6 Å². The van der Waals surface area contributed by atoms with E-state index in [0.29, 0.717) is 6.04 Å². The Balaban J connectivity index is 0.00000113. The van der Waals surface area contributed by atoms with E-state index in [0.717, 1.165) is 32.7 Å². The van der Waals surface area contributed by atoms with Crippen molar-refractivity contribution in [1.82, 2.24) is 14.8 Å². The molecule has 4 rings (SSSR count). The third kappa shape index (κ3) is 3.52. The minimum absolute atomic E-state index is 0. The molecule has 136 valence electrons. The summed E-state index contributed by atoms with van der Waals surface area (Å²) in [6.07, 6.45) is 0. The minimum atomic E-state index is 0. The second kappa shape index (κ2) is 8.41. The maximum Gasteiger partial charge on any atom is 0.0491 e. The summed E-state index contributed by atoms with van der Waals surface area (Å²) in [5, 5.41) is 6.21. The van der Waals surface area contributed by atoms with Gasteiger partial charge in [-0.15, -0.1) is 24.8 Å². The zero-order valence-corrected chi connectivity index (χ0v) is 16.5. The van der Waals surface area contributed by atoms with Crippen LogP contribution >= 0.6 is 24.8 Å². The maximum atomic E-state index is 3.44. The molecule has 2 aromatic carbocycles. The molecule has 1 fully saturated rings. The van der Waals surface area contributed by atoms with Crippen LogP contribution in [0.1, 0.15) is 25.5 Å². The molecule has 0 amide bonds. The number of rotatable bonds is 3. The number of aromatic nitrogens is 1. The molecule has 0 bridgehead atoms. The lowest BCUT2D eigenvalue weighted by Crippen LogP contribution is -2.44. The van der Waals surface area contributed by atoms with E-state index in [4.69, 9.17) is 0 Å². The number of para-hydroxylation sites is 1. The molecule has 1 saturated heterocycles. The largest absolute Gasteiger partial charge is 0.341 e. The fourth-order valence-electron chi connectivity index (χ4n) is 3.95. The van der Waals surface area contributed by atoms with Gasteiger partial charge in [-0.1, -0.05) is 24.3 Å². The third-order valence-electron chi connectivity index (χ3n) is 5.29. The van der Waals surface area contributed by atoms with Gasteiger partial charge in [-0.25, -0.2) is 0 Å². The summed E-state index contributed by atoms with van der Waals surface area (Å²) >= 11 is 0. The van der Waals surface area contributed by atoms with E-state index in [1.165, 1.54) is 27.4 Å². The van der Waals surface area contributed by atoms with Crippen LogP contribution in [0, 0.1) is 0 Å². The molecule has 0 radical (unpaired) electrons. The average Bonchev–Trinajstić information content (AvgIpc) is 2.95. The van der Waals surface area contributed by atoms with E-state index in [9.17, 15) is 0 Å². The summed E-state index contributed by atoms with van der Waals surface area (Å²) in [5.74, 6) is 0. The van der Waals surface area contributed by atoms with Gasteiger partial charge in [0.2, 0.25) is 0 Å². The van der Waals surface area contributed by atoms with Gasteiger partial charge in [-0.05, 0) is 37.6 Å². The predicted octanol–water partition coefficient (Wildman–Crippen LogP) is 4.62. The highest BCUT2D eigenvalue weighted by Gasteiger charge is 2.19. The molecule has 1 aliphatic rings. The van der Waals surface area contributed by atoms with Gasteiger partial charge in [0.25, 0.3) is 0 Å². The standard InChI is InChI=1S/C20H25N3.2ClH/c1-3-23-19-7-5-4-6-17(19)18-14-16(8-9-20(18)23)15(2)22-12-10-21-11-13-22;;/h4-9,14-15,21H,3,10-13H2,1-2H3;2*1H/t15-;;/m1../s1. The first-order valence-electron chi connectivity index (χ1n) is 8.75. The SMILES string of the molecule is CCn1c2ccccc2c2cc([C@@H](C)N3CCNCC3)ccc21.Cl.Cl. The summed E-state index contributed by atoms with van der Waals surface area (Å²) in [4.78, 5) is 2.58. The number of benzene rings is 2. The van der Waals surface area contributed by atoms with Crippen molar-refractivity contribution < 1.29 is 0 Å². The van der Waals surface area contributed by atoms with Crippen LogP contribution in [-0.4, -0.2) is 35.6 Å². The van der Waals surface area contributed by atoms with E-state index in [-0.39, 0.29) is 24.8 Å². The molecular formula is C20H27Cl2N3. The summed E-state index contributed by atoms with van der Waals surface area (Å²) in [7, 11) is 0. The van der Waals surface area contributed by atoms with E-state index in [2.05, 4.69) is 71.1 Å². The first-order chi connectivity index (χ1) is 11.3. The minimum Gasteiger partial charge on any atom is -0.341 e. The Hall–Kier alpha value is -1.26. The molecule has 3 aromatic rings. The van der Waals surface area contributed by atoms with Crippen LogP contribution < -0.4 is 5.32 Å². The molecule has 0 unspecified atom stereocenters. The van der Waals surface area contributed by atoms with Gasteiger partial charge in [0.1, 0.15) is 0 Å².